The van der Waals surface area contributed by atoms with Gasteiger partial charge in [-0.1, -0.05) is 29.4 Å². The smallest absolute Gasteiger partial charge is 0.167 e. The highest BCUT2D eigenvalue weighted by atomic mass is 16.5. The van der Waals surface area contributed by atoms with Crippen molar-refractivity contribution in [3.05, 3.63) is 47.2 Å². The van der Waals surface area contributed by atoms with Crippen LogP contribution < -0.4 is 5.73 Å². The van der Waals surface area contributed by atoms with Gasteiger partial charge < -0.3 is 10.3 Å². The van der Waals surface area contributed by atoms with Crippen LogP contribution in [-0.4, -0.2) is 16.6 Å². The molecule has 17 heavy (non-hydrogen) atoms. The van der Waals surface area contributed by atoms with Gasteiger partial charge in [-0.25, -0.2) is 0 Å². The molecule has 88 valence electrons. The molecule has 2 heterocycles. The van der Waals surface area contributed by atoms with Crippen LogP contribution in [0.5, 0.6) is 0 Å². The molecule has 4 heteroatoms. The molecule has 1 aliphatic rings. The van der Waals surface area contributed by atoms with Gasteiger partial charge in [-0.05, 0) is 17.5 Å². The van der Waals surface area contributed by atoms with Crippen molar-refractivity contribution >= 4 is 5.82 Å². The molecule has 0 aliphatic carbocycles. The molecule has 0 bridgehead atoms. The zero-order valence-corrected chi connectivity index (χ0v) is 9.60. The molecule has 1 aliphatic heterocycles. The Morgan fingerprint density at radius 2 is 2.12 bits per heavy atom. The summed E-state index contributed by atoms with van der Waals surface area (Å²) in [6, 6.07) is 10.4. The lowest BCUT2D eigenvalue weighted by Gasteiger charge is -2.27. The minimum atomic E-state index is 0.456. The van der Waals surface area contributed by atoms with Gasteiger partial charge in [0, 0.05) is 19.2 Å². The Hall–Kier alpha value is -1.81. The summed E-state index contributed by atoms with van der Waals surface area (Å²) in [6.45, 7) is 2.80. The molecule has 1 aromatic carbocycles. The van der Waals surface area contributed by atoms with E-state index in [9.17, 15) is 0 Å². The first-order valence-corrected chi connectivity index (χ1v) is 5.81. The molecule has 0 saturated heterocycles. The topological polar surface area (TPSA) is 55.3 Å². The fourth-order valence-corrected chi connectivity index (χ4v) is 2.31. The summed E-state index contributed by atoms with van der Waals surface area (Å²) in [4.78, 5) is 2.35. The van der Waals surface area contributed by atoms with Gasteiger partial charge in [-0.15, -0.1) is 0 Å². The maximum Gasteiger partial charge on any atom is 0.167 e. The molecule has 3 rings (SSSR count). The lowest BCUT2D eigenvalue weighted by atomic mass is 10.00. The molecule has 1 aromatic heterocycles. The summed E-state index contributed by atoms with van der Waals surface area (Å²) in [7, 11) is 0. The maximum absolute atomic E-state index is 5.54. The van der Waals surface area contributed by atoms with Gasteiger partial charge in [-0.2, -0.15) is 0 Å². The number of hydrogen-bond acceptors (Lipinski definition) is 4. The molecule has 0 spiro atoms. The SMILES string of the molecule is Nc1cc(CN2CCc3ccccc3C2)on1. The molecule has 2 aromatic rings. The zero-order valence-electron chi connectivity index (χ0n) is 9.60. The maximum atomic E-state index is 5.54. The van der Waals surface area contributed by atoms with E-state index in [1.54, 1.807) is 6.07 Å². The third kappa shape index (κ3) is 2.17. The van der Waals surface area contributed by atoms with Crippen molar-refractivity contribution in [1.82, 2.24) is 10.1 Å². The van der Waals surface area contributed by atoms with E-state index >= 15 is 0 Å². The van der Waals surface area contributed by atoms with Crippen LogP contribution in [0.15, 0.2) is 34.9 Å². The van der Waals surface area contributed by atoms with E-state index in [4.69, 9.17) is 10.3 Å². The number of nitrogen functional groups attached to an aromatic ring is 1. The predicted octanol–water partition coefficient (Wildman–Crippen LogP) is 1.82. The summed E-state index contributed by atoms with van der Waals surface area (Å²) in [6.07, 6.45) is 1.10. The Morgan fingerprint density at radius 1 is 1.29 bits per heavy atom. The van der Waals surface area contributed by atoms with E-state index in [0.29, 0.717) is 5.82 Å². The normalized spacial score (nSPS) is 15.8. The third-order valence-corrected chi connectivity index (χ3v) is 3.17. The van der Waals surface area contributed by atoms with Crippen LogP contribution in [0.3, 0.4) is 0 Å². The van der Waals surface area contributed by atoms with Crippen LogP contribution >= 0.6 is 0 Å². The Kier molecular flexibility index (Phi) is 2.57. The number of fused-ring (bicyclic) bond motifs is 1. The Balaban J connectivity index is 1.72. The van der Waals surface area contributed by atoms with E-state index < -0.39 is 0 Å². The van der Waals surface area contributed by atoms with Crippen LogP contribution in [-0.2, 0) is 19.5 Å². The number of hydrogen-bond donors (Lipinski definition) is 1. The van der Waals surface area contributed by atoms with E-state index in [1.165, 1.54) is 11.1 Å². The van der Waals surface area contributed by atoms with Crippen LogP contribution in [0, 0.1) is 0 Å². The highest BCUT2D eigenvalue weighted by Gasteiger charge is 2.17. The second kappa shape index (κ2) is 4.22. The lowest BCUT2D eigenvalue weighted by molar-refractivity contribution is 0.215. The van der Waals surface area contributed by atoms with Crippen LogP contribution in [0.4, 0.5) is 5.82 Å². The standard InChI is InChI=1S/C13H15N3O/c14-13-7-12(17-15-13)9-16-6-5-10-3-1-2-4-11(10)8-16/h1-4,7H,5-6,8-9H2,(H2,14,15). The Morgan fingerprint density at radius 3 is 2.88 bits per heavy atom. The number of anilines is 1. The van der Waals surface area contributed by atoms with Gasteiger partial charge >= 0.3 is 0 Å². The van der Waals surface area contributed by atoms with Gasteiger partial charge in [0.05, 0.1) is 6.54 Å². The van der Waals surface area contributed by atoms with Crippen LogP contribution in [0.2, 0.25) is 0 Å². The molecule has 4 nitrogen and oxygen atoms in total. The molecular formula is C13H15N3O. The summed E-state index contributed by atoms with van der Waals surface area (Å²) < 4.78 is 5.14. The van der Waals surface area contributed by atoms with Gasteiger partial charge in [-0.3, -0.25) is 4.90 Å². The number of rotatable bonds is 2. The summed E-state index contributed by atoms with van der Waals surface area (Å²) >= 11 is 0. The van der Waals surface area contributed by atoms with Gasteiger partial charge in [0.25, 0.3) is 0 Å². The van der Waals surface area contributed by atoms with E-state index in [1.807, 2.05) is 0 Å². The van der Waals surface area contributed by atoms with Gasteiger partial charge in [0.15, 0.2) is 11.6 Å². The zero-order chi connectivity index (χ0) is 11.7. The van der Waals surface area contributed by atoms with E-state index in [-0.39, 0.29) is 0 Å². The van der Waals surface area contributed by atoms with Crippen molar-refractivity contribution < 1.29 is 4.52 Å². The monoisotopic (exact) mass is 229 g/mol. The number of nitrogens with two attached hydrogens (primary N) is 1. The second-order valence-electron chi connectivity index (χ2n) is 4.45. The molecule has 0 amide bonds. The molecule has 2 N–H and O–H groups in total. The van der Waals surface area contributed by atoms with E-state index in [2.05, 4.69) is 34.3 Å². The first kappa shape index (κ1) is 10.4. The van der Waals surface area contributed by atoms with Crippen molar-refractivity contribution in [3.63, 3.8) is 0 Å². The van der Waals surface area contributed by atoms with Crippen molar-refractivity contribution in [1.29, 1.82) is 0 Å². The minimum absolute atomic E-state index is 0.456. The lowest BCUT2D eigenvalue weighted by Crippen LogP contribution is -2.29. The molecule has 0 atom stereocenters. The molecule has 0 fully saturated rings. The largest absolute Gasteiger partial charge is 0.381 e. The Labute approximate surface area is 100 Å². The minimum Gasteiger partial charge on any atom is -0.381 e. The van der Waals surface area contributed by atoms with Crippen molar-refractivity contribution in [3.8, 4) is 0 Å². The second-order valence-corrected chi connectivity index (χ2v) is 4.45. The molecular weight excluding hydrogens is 214 g/mol. The third-order valence-electron chi connectivity index (χ3n) is 3.17. The average Bonchev–Trinajstić information content (AvgIpc) is 2.75. The summed E-state index contributed by atoms with van der Waals surface area (Å²) in [5, 5.41) is 3.70. The van der Waals surface area contributed by atoms with Crippen LogP contribution in [0.1, 0.15) is 16.9 Å². The fourth-order valence-electron chi connectivity index (χ4n) is 2.31. The Bertz CT molecular complexity index is 521. The molecule has 0 unspecified atom stereocenters. The van der Waals surface area contributed by atoms with Gasteiger partial charge in [0.2, 0.25) is 0 Å². The predicted molar refractivity (Wildman–Crippen MR) is 65.2 cm³/mol. The quantitative estimate of drug-likeness (QED) is 0.853. The summed E-state index contributed by atoms with van der Waals surface area (Å²) in [5.74, 6) is 1.29. The first-order valence-electron chi connectivity index (χ1n) is 5.81. The first-order chi connectivity index (χ1) is 8.31. The molecule has 0 saturated carbocycles. The summed E-state index contributed by atoms with van der Waals surface area (Å²) in [5.41, 5.74) is 8.40. The highest BCUT2D eigenvalue weighted by Crippen LogP contribution is 2.20. The number of nitrogens with zero attached hydrogens (tertiary/aromatic N) is 2. The van der Waals surface area contributed by atoms with Crippen molar-refractivity contribution in [2.45, 2.75) is 19.5 Å². The van der Waals surface area contributed by atoms with Crippen molar-refractivity contribution in [2.75, 3.05) is 12.3 Å². The van der Waals surface area contributed by atoms with Crippen LogP contribution in [0.25, 0.3) is 0 Å². The number of aromatic nitrogens is 1. The fraction of sp³-hybridized carbons (Fsp3) is 0.308. The number of benzene rings is 1. The van der Waals surface area contributed by atoms with Crippen molar-refractivity contribution in [2.24, 2.45) is 0 Å². The van der Waals surface area contributed by atoms with E-state index in [0.717, 1.165) is 31.8 Å². The molecule has 0 radical (unpaired) electrons. The van der Waals surface area contributed by atoms with Gasteiger partial charge in [0.1, 0.15) is 0 Å². The average molecular weight is 229 g/mol. The highest BCUT2D eigenvalue weighted by molar-refractivity contribution is 5.30.